The molecule has 70 valence electrons. The fourth-order valence-corrected chi connectivity index (χ4v) is 1.20. The average molecular weight is 217 g/mol. The summed E-state index contributed by atoms with van der Waals surface area (Å²) in [4.78, 5) is 0. The maximum absolute atomic E-state index is 5.90. The van der Waals surface area contributed by atoms with E-state index in [0.717, 1.165) is 11.4 Å². The van der Waals surface area contributed by atoms with Gasteiger partial charge in [-0.15, -0.1) is 0 Å². The van der Waals surface area contributed by atoms with E-state index in [-0.39, 0.29) is 0 Å². The molecule has 0 heterocycles. The highest BCUT2D eigenvalue weighted by Gasteiger charge is 1.98. The Bertz CT molecular complexity index is 330. The van der Waals surface area contributed by atoms with Crippen LogP contribution < -0.4 is 5.43 Å². The number of rotatable bonds is 2. The molecule has 0 saturated heterocycles. The number of hydrogen-bond acceptors (Lipinski definition) is 2. The lowest BCUT2D eigenvalue weighted by Gasteiger charge is -2.03. The minimum absolute atomic E-state index is 0.567. The van der Waals surface area contributed by atoms with E-state index in [0.29, 0.717) is 10.0 Å². The fraction of sp³-hybridized carbons (Fsp3) is 0.222. The molecule has 2 nitrogen and oxygen atoms in total. The summed E-state index contributed by atoms with van der Waals surface area (Å²) in [6, 6.07) is 5.22. The van der Waals surface area contributed by atoms with E-state index in [1.807, 2.05) is 13.8 Å². The summed E-state index contributed by atoms with van der Waals surface area (Å²) in [5, 5.41) is 5.21. The van der Waals surface area contributed by atoms with Crippen LogP contribution in [-0.4, -0.2) is 5.71 Å². The molecule has 1 aromatic carbocycles. The zero-order chi connectivity index (χ0) is 9.84. The molecule has 0 aliphatic heterocycles. The Kier molecular flexibility index (Phi) is 3.58. The molecule has 0 aliphatic carbocycles. The van der Waals surface area contributed by atoms with E-state index in [1.165, 1.54) is 0 Å². The van der Waals surface area contributed by atoms with E-state index in [4.69, 9.17) is 23.2 Å². The van der Waals surface area contributed by atoms with Gasteiger partial charge in [-0.1, -0.05) is 23.2 Å². The van der Waals surface area contributed by atoms with Crippen LogP contribution in [-0.2, 0) is 0 Å². The molecule has 0 spiro atoms. The molecule has 1 rings (SSSR count). The standard InChI is InChI=1S/C9H10Cl2N2/c1-6(2)12-13-9-4-3-7(10)5-8(9)11/h3-5,13H,1-2H3. The van der Waals surface area contributed by atoms with Gasteiger partial charge >= 0.3 is 0 Å². The van der Waals surface area contributed by atoms with Crippen LogP contribution in [0.2, 0.25) is 10.0 Å². The Morgan fingerprint density at radius 3 is 2.54 bits per heavy atom. The number of nitrogens with one attached hydrogen (secondary N) is 1. The van der Waals surface area contributed by atoms with Crippen LogP contribution in [0.4, 0.5) is 5.69 Å². The van der Waals surface area contributed by atoms with Gasteiger partial charge in [-0.25, -0.2) is 0 Å². The lowest BCUT2D eigenvalue weighted by Crippen LogP contribution is -1.93. The van der Waals surface area contributed by atoms with Gasteiger partial charge in [-0.2, -0.15) is 5.10 Å². The summed E-state index contributed by atoms with van der Waals surface area (Å²) in [7, 11) is 0. The fourth-order valence-electron chi connectivity index (χ4n) is 0.752. The van der Waals surface area contributed by atoms with Crippen molar-refractivity contribution in [1.82, 2.24) is 0 Å². The number of nitrogens with zero attached hydrogens (tertiary/aromatic N) is 1. The van der Waals surface area contributed by atoms with E-state index in [9.17, 15) is 0 Å². The van der Waals surface area contributed by atoms with Gasteiger partial charge in [0.05, 0.1) is 10.7 Å². The Labute approximate surface area is 87.5 Å². The summed E-state index contributed by atoms with van der Waals surface area (Å²) in [5.74, 6) is 0. The third kappa shape index (κ3) is 3.25. The zero-order valence-electron chi connectivity index (χ0n) is 7.44. The van der Waals surface area contributed by atoms with E-state index >= 15 is 0 Å². The van der Waals surface area contributed by atoms with Crippen molar-refractivity contribution in [3.63, 3.8) is 0 Å². The summed E-state index contributed by atoms with van der Waals surface area (Å²) in [6.07, 6.45) is 0. The number of hydrazone groups is 1. The van der Waals surface area contributed by atoms with Crippen LogP contribution in [0.5, 0.6) is 0 Å². The molecule has 1 aromatic rings. The molecule has 0 unspecified atom stereocenters. The van der Waals surface area contributed by atoms with Crippen molar-refractivity contribution >= 4 is 34.6 Å². The van der Waals surface area contributed by atoms with Gasteiger partial charge in [0.2, 0.25) is 0 Å². The summed E-state index contributed by atoms with van der Waals surface area (Å²) in [5.41, 5.74) is 4.53. The number of anilines is 1. The van der Waals surface area contributed by atoms with Gasteiger partial charge < -0.3 is 0 Å². The lowest BCUT2D eigenvalue weighted by molar-refractivity contribution is 1.32. The first kappa shape index (κ1) is 10.4. The van der Waals surface area contributed by atoms with Crippen LogP contribution in [0.1, 0.15) is 13.8 Å². The monoisotopic (exact) mass is 216 g/mol. The summed E-state index contributed by atoms with van der Waals surface area (Å²) < 4.78 is 0. The Balaban J connectivity index is 2.84. The predicted octanol–water partition coefficient (Wildman–Crippen LogP) is 3.80. The van der Waals surface area contributed by atoms with Gasteiger partial charge in [0.25, 0.3) is 0 Å². The minimum Gasteiger partial charge on any atom is -0.277 e. The summed E-state index contributed by atoms with van der Waals surface area (Å²) >= 11 is 11.6. The van der Waals surface area contributed by atoms with Gasteiger partial charge in [0.15, 0.2) is 0 Å². The SMILES string of the molecule is CC(C)=NNc1ccc(Cl)cc1Cl. The third-order valence-corrected chi connectivity index (χ3v) is 1.88. The molecule has 0 radical (unpaired) electrons. The molecular weight excluding hydrogens is 207 g/mol. The van der Waals surface area contributed by atoms with Crippen LogP contribution in [0.25, 0.3) is 0 Å². The molecule has 0 amide bonds. The highest BCUT2D eigenvalue weighted by atomic mass is 35.5. The minimum atomic E-state index is 0.567. The zero-order valence-corrected chi connectivity index (χ0v) is 8.95. The third-order valence-electron chi connectivity index (χ3n) is 1.33. The van der Waals surface area contributed by atoms with E-state index in [1.54, 1.807) is 18.2 Å². The average Bonchev–Trinajstić information content (AvgIpc) is 2.02. The molecule has 0 aromatic heterocycles. The maximum Gasteiger partial charge on any atom is 0.0749 e. The summed E-state index contributed by atoms with van der Waals surface area (Å²) in [6.45, 7) is 3.80. The molecular formula is C9H10Cl2N2. The van der Waals surface area contributed by atoms with Crippen molar-refractivity contribution in [2.24, 2.45) is 5.10 Å². The second-order valence-corrected chi connectivity index (χ2v) is 3.64. The number of hydrogen-bond donors (Lipinski definition) is 1. The normalized spacial score (nSPS) is 9.54. The topological polar surface area (TPSA) is 24.4 Å². The molecule has 0 saturated carbocycles. The Morgan fingerprint density at radius 2 is 2.00 bits per heavy atom. The molecule has 13 heavy (non-hydrogen) atoms. The second-order valence-electron chi connectivity index (χ2n) is 2.79. The molecule has 4 heteroatoms. The largest absolute Gasteiger partial charge is 0.277 e. The maximum atomic E-state index is 5.90. The molecule has 0 bridgehead atoms. The molecule has 0 fully saturated rings. The highest BCUT2D eigenvalue weighted by molar-refractivity contribution is 6.36. The first-order valence-corrected chi connectivity index (χ1v) is 4.57. The number of benzene rings is 1. The van der Waals surface area contributed by atoms with Gasteiger partial charge in [-0.05, 0) is 32.0 Å². The van der Waals surface area contributed by atoms with E-state index in [2.05, 4.69) is 10.5 Å². The van der Waals surface area contributed by atoms with E-state index < -0.39 is 0 Å². The van der Waals surface area contributed by atoms with Gasteiger partial charge in [-0.3, -0.25) is 5.43 Å². The Hall–Kier alpha value is -0.730. The first-order valence-electron chi connectivity index (χ1n) is 3.81. The quantitative estimate of drug-likeness (QED) is 0.591. The van der Waals surface area contributed by atoms with Crippen molar-refractivity contribution in [1.29, 1.82) is 0 Å². The second kappa shape index (κ2) is 4.49. The number of halogens is 2. The molecule has 0 atom stereocenters. The first-order chi connectivity index (χ1) is 6.09. The van der Waals surface area contributed by atoms with Gasteiger partial charge in [0, 0.05) is 10.7 Å². The Morgan fingerprint density at radius 1 is 1.31 bits per heavy atom. The van der Waals surface area contributed by atoms with Gasteiger partial charge in [0.1, 0.15) is 0 Å². The predicted molar refractivity (Wildman–Crippen MR) is 58.9 cm³/mol. The highest BCUT2D eigenvalue weighted by Crippen LogP contribution is 2.25. The molecule has 0 aliphatic rings. The smallest absolute Gasteiger partial charge is 0.0749 e. The lowest BCUT2D eigenvalue weighted by atomic mass is 10.3. The van der Waals surface area contributed by atoms with Crippen LogP contribution >= 0.6 is 23.2 Å². The van der Waals surface area contributed by atoms with Crippen molar-refractivity contribution in [2.45, 2.75) is 13.8 Å². The van der Waals surface area contributed by atoms with Crippen molar-refractivity contribution in [3.05, 3.63) is 28.2 Å². The van der Waals surface area contributed by atoms with Crippen molar-refractivity contribution in [2.75, 3.05) is 5.43 Å². The van der Waals surface area contributed by atoms with Crippen LogP contribution in [0.3, 0.4) is 0 Å². The van der Waals surface area contributed by atoms with Crippen LogP contribution in [0, 0.1) is 0 Å². The van der Waals surface area contributed by atoms with Crippen molar-refractivity contribution < 1.29 is 0 Å². The van der Waals surface area contributed by atoms with Crippen LogP contribution in [0.15, 0.2) is 23.3 Å². The molecule has 1 N–H and O–H groups in total. The van der Waals surface area contributed by atoms with Crippen molar-refractivity contribution in [3.8, 4) is 0 Å².